The van der Waals surface area contributed by atoms with Crippen molar-refractivity contribution >= 4 is 0 Å². The third-order valence-electron chi connectivity index (χ3n) is 3.80. The molecule has 1 saturated carbocycles. The van der Waals surface area contributed by atoms with Crippen molar-refractivity contribution in [3.63, 3.8) is 0 Å². The summed E-state index contributed by atoms with van der Waals surface area (Å²) in [5.74, 6) is 1.93. The van der Waals surface area contributed by atoms with E-state index in [0.717, 1.165) is 18.4 Å². The second-order valence-electron chi connectivity index (χ2n) is 5.30. The first kappa shape index (κ1) is 11.4. The minimum absolute atomic E-state index is 0.577. The summed E-state index contributed by atoms with van der Waals surface area (Å²) in [7, 11) is 0. The van der Waals surface area contributed by atoms with Gasteiger partial charge in [0.2, 0.25) is 0 Å². The lowest BCUT2D eigenvalue weighted by molar-refractivity contribution is 0.102. The number of rotatable bonds is 7. The summed E-state index contributed by atoms with van der Waals surface area (Å²) in [5, 5.41) is 3.57. The molecule has 1 aliphatic carbocycles. The molecule has 0 aromatic heterocycles. The number of hydrogen-bond donors (Lipinski definition) is 1. The lowest BCUT2D eigenvalue weighted by Gasteiger charge is -2.12. The van der Waals surface area contributed by atoms with Gasteiger partial charge in [0.25, 0.3) is 0 Å². The molecule has 0 radical (unpaired) electrons. The predicted octanol–water partition coefficient (Wildman–Crippen LogP) is 2.58. The smallest absolute Gasteiger partial charge is 0.0576 e. The lowest BCUT2D eigenvalue weighted by Crippen LogP contribution is -2.24. The normalized spacial score (nSPS) is 28.2. The van der Waals surface area contributed by atoms with Crippen molar-refractivity contribution in [2.45, 2.75) is 51.6 Å². The van der Waals surface area contributed by atoms with Gasteiger partial charge in [-0.3, -0.25) is 0 Å². The zero-order valence-electron chi connectivity index (χ0n) is 10.0. The molecule has 2 nitrogen and oxygen atoms in total. The fourth-order valence-corrected chi connectivity index (χ4v) is 2.49. The Morgan fingerprint density at radius 2 is 2.20 bits per heavy atom. The molecule has 2 fully saturated rings. The van der Waals surface area contributed by atoms with Gasteiger partial charge in [0, 0.05) is 6.61 Å². The molecule has 2 heteroatoms. The summed E-state index contributed by atoms with van der Waals surface area (Å²) in [6, 6.07) is 0. The van der Waals surface area contributed by atoms with Crippen LogP contribution in [0, 0.1) is 11.8 Å². The second-order valence-corrected chi connectivity index (χ2v) is 5.30. The molecular weight excluding hydrogens is 186 g/mol. The fourth-order valence-electron chi connectivity index (χ4n) is 2.49. The second kappa shape index (κ2) is 5.86. The maximum absolute atomic E-state index is 5.60. The predicted molar refractivity (Wildman–Crippen MR) is 63.0 cm³/mol. The van der Waals surface area contributed by atoms with Crippen molar-refractivity contribution in [2.24, 2.45) is 11.8 Å². The average Bonchev–Trinajstić information content (AvgIpc) is 2.97. The Morgan fingerprint density at radius 1 is 1.33 bits per heavy atom. The molecule has 0 amide bonds. The molecule has 0 bridgehead atoms. The molecule has 1 aliphatic heterocycles. The Hall–Kier alpha value is -0.0800. The summed E-state index contributed by atoms with van der Waals surface area (Å²) in [5.41, 5.74) is 0. The summed E-state index contributed by atoms with van der Waals surface area (Å²) < 4.78 is 5.60. The van der Waals surface area contributed by atoms with Gasteiger partial charge >= 0.3 is 0 Å². The first-order chi connectivity index (χ1) is 7.36. The Bertz CT molecular complexity index is 169. The minimum Gasteiger partial charge on any atom is -0.378 e. The number of hydrogen-bond acceptors (Lipinski definition) is 2. The zero-order chi connectivity index (χ0) is 10.5. The highest BCUT2D eigenvalue weighted by Gasteiger charge is 2.27. The Balaban J connectivity index is 1.41. The van der Waals surface area contributed by atoms with Crippen LogP contribution in [-0.4, -0.2) is 25.8 Å². The van der Waals surface area contributed by atoms with Crippen LogP contribution in [0.3, 0.4) is 0 Å². The summed E-state index contributed by atoms with van der Waals surface area (Å²) in [6.45, 7) is 5.77. The van der Waals surface area contributed by atoms with Crippen molar-refractivity contribution < 1.29 is 4.74 Å². The minimum atomic E-state index is 0.577. The maximum Gasteiger partial charge on any atom is 0.0576 e. The molecule has 2 unspecified atom stereocenters. The van der Waals surface area contributed by atoms with E-state index in [1.165, 1.54) is 51.6 Å². The number of ether oxygens (including phenoxy) is 1. The van der Waals surface area contributed by atoms with Crippen molar-refractivity contribution in [1.29, 1.82) is 0 Å². The molecule has 88 valence electrons. The fraction of sp³-hybridized carbons (Fsp3) is 1.00. The molecule has 2 atom stereocenters. The van der Waals surface area contributed by atoms with Gasteiger partial charge in [-0.2, -0.15) is 0 Å². The van der Waals surface area contributed by atoms with Crippen LogP contribution >= 0.6 is 0 Å². The van der Waals surface area contributed by atoms with Crippen LogP contribution < -0.4 is 5.32 Å². The quantitative estimate of drug-likeness (QED) is 0.654. The van der Waals surface area contributed by atoms with Crippen molar-refractivity contribution in [2.75, 3.05) is 19.7 Å². The van der Waals surface area contributed by atoms with Crippen molar-refractivity contribution in [3.8, 4) is 0 Å². The highest BCUT2D eigenvalue weighted by Crippen LogP contribution is 2.36. The van der Waals surface area contributed by atoms with Crippen LogP contribution in [0.25, 0.3) is 0 Å². The lowest BCUT2D eigenvalue weighted by atomic mass is 10.1. The van der Waals surface area contributed by atoms with Crippen LogP contribution in [0.4, 0.5) is 0 Å². The van der Waals surface area contributed by atoms with Crippen LogP contribution in [0.5, 0.6) is 0 Å². The summed E-state index contributed by atoms with van der Waals surface area (Å²) >= 11 is 0. The highest BCUT2D eigenvalue weighted by molar-refractivity contribution is 4.79. The molecule has 1 saturated heterocycles. The Morgan fingerprint density at radius 3 is 2.87 bits per heavy atom. The highest BCUT2D eigenvalue weighted by atomic mass is 16.5. The van der Waals surface area contributed by atoms with Crippen LogP contribution in [0.15, 0.2) is 0 Å². The van der Waals surface area contributed by atoms with Crippen LogP contribution in [0.2, 0.25) is 0 Å². The first-order valence-corrected chi connectivity index (χ1v) is 6.68. The largest absolute Gasteiger partial charge is 0.378 e. The van der Waals surface area contributed by atoms with E-state index in [0.29, 0.717) is 6.10 Å². The van der Waals surface area contributed by atoms with E-state index < -0.39 is 0 Å². The molecule has 15 heavy (non-hydrogen) atoms. The molecule has 0 aromatic rings. The van der Waals surface area contributed by atoms with E-state index in [1.54, 1.807) is 0 Å². The maximum atomic E-state index is 5.60. The Kier molecular flexibility index (Phi) is 4.45. The molecule has 1 heterocycles. The van der Waals surface area contributed by atoms with Gasteiger partial charge in [-0.15, -0.1) is 0 Å². The molecule has 2 aliphatic rings. The molecule has 1 N–H and O–H groups in total. The molecule has 2 rings (SSSR count). The van der Waals surface area contributed by atoms with E-state index in [1.807, 2.05) is 0 Å². The van der Waals surface area contributed by atoms with Gasteiger partial charge in [-0.1, -0.05) is 6.92 Å². The van der Waals surface area contributed by atoms with E-state index in [9.17, 15) is 0 Å². The Labute approximate surface area is 93.8 Å². The van der Waals surface area contributed by atoms with Crippen LogP contribution in [0.1, 0.15) is 45.4 Å². The SMILES string of the molecule is CC(CNCCCC1CCCO1)C1CC1. The first-order valence-electron chi connectivity index (χ1n) is 6.68. The van der Waals surface area contributed by atoms with Gasteiger partial charge in [0.1, 0.15) is 0 Å². The van der Waals surface area contributed by atoms with Gasteiger partial charge < -0.3 is 10.1 Å². The third kappa shape index (κ3) is 4.12. The van der Waals surface area contributed by atoms with Crippen molar-refractivity contribution in [3.05, 3.63) is 0 Å². The van der Waals surface area contributed by atoms with Gasteiger partial charge in [0.15, 0.2) is 0 Å². The van der Waals surface area contributed by atoms with Crippen LogP contribution in [-0.2, 0) is 4.74 Å². The molecular formula is C13H25NO. The van der Waals surface area contributed by atoms with E-state index in [4.69, 9.17) is 4.74 Å². The van der Waals surface area contributed by atoms with Gasteiger partial charge in [-0.05, 0) is 63.5 Å². The number of nitrogens with one attached hydrogen (secondary N) is 1. The monoisotopic (exact) mass is 211 g/mol. The summed E-state index contributed by atoms with van der Waals surface area (Å²) in [6.07, 6.45) is 8.62. The van der Waals surface area contributed by atoms with Gasteiger partial charge in [-0.25, -0.2) is 0 Å². The molecule has 0 spiro atoms. The van der Waals surface area contributed by atoms with E-state index in [-0.39, 0.29) is 0 Å². The topological polar surface area (TPSA) is 21.3 Å². The van der Waals surface area contributed by atoms with E-state index >= 15 is 0 Å². The van der Waals surface area contributed by atoms with Gasteiger partial charge in [0.05, 0.1) is 6.10 Å². The third-order valence-corrected chi connectivity index (χ3v) is 3.80. The zero-order valence-corrected chi connectivity index (χ0v) is 10.0. The average molecular weight is 211 g/mol. The molecule has 0 aromatic carbocycles. The standard InChI is InChI=1S/C13H25NO/c1-11(12-6-7-12)10-14-8-2-4-13-5-3-9-15-13/h11-14H,2-10H2,1H3. The summed E-state index contributed by atoms with van der Waals surface area (Å²) in [4.78, 5) is 0. The van der Waals surface area contributed by atoms with Crippen molar-refractivity contribution in [1.82, 2.24) is 5.32 Å². The van der Waals surface area contributed by atoms with E-state index in [2.05, 4.69) is 12.2 Å².